The van der Waals surface area contributed by atoms with Gasteiger partial charge in [-0.3, -0.25) is 9.59 Å². The number of aromatic hydroxyl groups is 2. The first-order valence-corrected chi connectivity index (χ1v) is 11.3. The van der Waals surface area contributed by atoms with Gasteiger partial charge >= 0.3 is 0 Å². The molecule has 184 valence electrons. The number of rotatable bonds is 7. The van der Waals surface area contributed by atoms with Crippen molar-refractivity contribution < 1.29 is 34.0 Å². The molecule has 0 saturated heterocycles. The van der Waals surface area contributed by atoms with Crippen LogP contribution in [0.15, 0.2) is 76.1 Å². The van der Waals surface area contributed by atoms with Gasteiger partial charge in [0.15, 0.2) is 16.9 Å². The quantitative estimate of drug-likeness (QED) is 0.310. The first-order valence-electron chi connectivity index (χ1n) is 11.3. The van der Waals surface area contributed by atoms with E-state index in [1.807, 2.05) is 0 Å². The summed E-state index contributed by atoms with van der Waals surface area (Å²) >= 11 is 0. The van der Waals surface area contributed by atoms with Gasteiger partial charge in [0.1, 0.15) is 17.1 Å². The van der Waals surface area contributed by atoms with Crippen LogP contribution in [0, 0.1) is 0 Å². The highest BCUT2D eigenvalue weighted by molar-refractivity contribution is 5.80. The maximum atomic E-state index is 13.4. The molecular formula is C27H23NO8. The fourth-order valence-electron chi connectivity index (χ4n) is 4.23. The van der Waals surface area contributed by atoms with Crippen LogP contribution in [0.3, 0.4) is 0 Å². The molecule has 1 aliphatic rings. The molecule has 0 saturated carbocycles. The molecule has 1 aliphatic heterocycles. The maximum Gasteiger partial charge on any atom is 0.231 e. The zero-order chi connectivity index (χ0) is 25.2. The van der Waals surface area contributed by atoms with E-state index in [9.17, 15) is 24.9 Å². The number of hydrogen-bond donors (Lipinski definition) is 4. The molecule has 0 aliphatic carbocycles. The molecule has 36 heavy (non-hydrogen) atoms. The number of phenols is 2. The summed E-state index contributed by atoms with van der Waals surface area (Å²) in [6.45, 7) is -0.0909. The van der Waals surface area contributed by atoms with Gasteiger partial charge in [0.2, 0.25) is 12.7 Å². The number of fused-ring (bicyclic) bond motifs is 2. The van der Waals surface area contributed by atoms with Crippen molar-refractivity contribution in [2.24, 2.45) is 0 Å². The summed E-state index contributed by atoms with van der Waals surface area (Å²) < 4.78 is 16.4. The van der Waals surface area contributed by atoms with E-state index in [4.69, 9.17) is 13.9 Å². The summed E-state index contributed by atoms with van der Waals surface area (Å²) in [6, 6.07) is 15.7. The molecule has 0 fully saturated rings. The normalized spacial score (nSPS) is 13.9. The van der Waals surface area contributed by atoms with Crippen LogP contribution >= 0.6 is 0 Å². The SMILES string of the molecule is O=C(C[C@H](c1cc2c(cc1O)OCO2)c1coc2ccccc2c1=O)NC[C@H](O)c1ccc(O)cc1. The number of aliphatic hydroxyl groups excluding tert-OH is 1. The smallest absolute Gasteiger partial charge is 0.231 e. The summed E-state index contributed by atoms with van der Waals surface area (Å²) in [7, 11) is 0. The molecule has 9 nitrogen and oxygen atoms in total. The predicted molar refractivity (Wildman–Crippen MR) is 129 cm³/mol. The lowest BCUT2D eigenvalue weighted by molar-refractivity contribution is -0.121. The fourth-order valence-corrected chi connectivity index (χ4v) is 4.23. The van der Waals surface area contributed by atoms with Gasteiger partial charge in [0.25, 0.3) is 0 Å². The maximum absolute atomic E-state index is 13.4. The molecule has 2 atom stereocenters. The van der Waals surface area contributed by atoms with Crippen LogP contribution in [0.25, 0.3) is 11.0 Å². The van der Waals surface area contributed by atoms with Gasteiger partial charge in [-0.15, -0.1) is 0 Å². The van der Waals surface area contributed by atoms with E-state index < -0.39 is 17.9 Å². The highest BCUT2D eigenvalue weighted by atomic mass is 16.7. The van der Waals surface area contributed by atoms with Crippen molar-refractivity contribution in [3.63, 3.8) is 0 Å². The van der Waals surface area contributed by atoms with Crippen LogP contribution in [-0.4, -0.2) is 34.6 Å². The molecule has 2 heterocycles. The standard InChI is InChI=1S/C27H23NO8/c29-16-7-5-15(6-8-16)22(31)12-28-26(32)10-18(19-9-24-25(11-21(19)30)36-14-35-24)20-13-34-23-4-2-1-3-17(23)27(20)33/h1-9,11,13,18,22,29-31H,10,12,14H2,(H,28,32)/t18-,22+/m1/s1. The van der Waals surface area contributed by atoms with Gasteiger partial charge in [-0.1, -0.05) is 24.3 Å². The highest BCUT2D eigenvalue weighted by Gasteiger charge is 2.28. The van der Waals surface area contributed by atoms with Gasteiger partial charge in [0.05, 0.1) is 17.8 Å². The predicted octanol–water partition coefficient (Wildman–Crippen LogP) is 3.30. The Bertz CT molecular complexity index is 1480. The third-order valence-electron chi connectivity index (χ3n) is 6.14. The highest BCUT2D eigenvalue weighted by Crippen LogP contribution is 2.42. The van der Waals surface area contributed by atoms with Crippen molar-refractivity contribution in [1.82, 2.24) is 5.32 Å². The number of phenolic OH excluding ortho intramolecular Hbond substituents is 2. The number of aliphatic hydroxyl groups is 1. The fraction of sp³-hybridized carbons (Fsp3) is 0.185. The van der Waals surface area contributed by atoms with Crippen LogP contribution in [0.2, 0.25) is 0 Å². The Balaban J connectivity index is 1.45. The van der Waals surface area contributed by atoms with E-state index in [-0.39, 0.29) is 42.2 Å². The Labute approximate surface area is 205 Å². The topological polar surface area (TPSA) is 138 Å². The molecule has 4 N–H and O–H groups in total. The molecule has 1 aromatic heterocycles. The number of carbonyl (C=O) groups is 1. The number of para-hydroxylation sites is 1. The summed E-state index contributed by atoms with van der Waals surface area (Å²) in [4.78, 5) is 26.3. The third kappa shape index (κ3) is 4.56. The average Bonchev–Trinajstić information content (AvgIpc) is 3.34. The molecule has 4 aromatic rings. The zero-order valence-electron chi connectivity index (χ0n) is 19.0. The first kappa shape index (κ1) is 23.3. The van der Waals surface area contributed by atoms with Crippen LogP contribution in [0.5, 0.6) is 23.0 Å². The van der Waals surface area contributed by atoms with E-state index in [1.54, 1.807) is 42.5 Å². The molecule has 1 amide bonds. The Morgan fingerprint density at radius 1 is 0.972 bits per heavy atom. The summed E-state index contributed by atoms with van der Waals surface area (Å²) in [5.74, 6) is -0.666. The number of hydrogen-bond acceptors (Lipinski definition) is 8. The molecule has 0 spiro atoms. The van der Waals surface area contributed by atoms with E-state index in [1.165, 1.54) is 24.5 Å². The minimum absolute atomic E-state index is 0.00333. The van der Waals surface area contributed by atoms with Gasteiger partial charge < -0.3 is 34.5 Å². The Morgan fingerprint density at radius 2 is 1.69 bits per heavy atom. The van der Waals surface area contributed by atoms with E-state index >= 15 is 0 Å². The van der Waals surface area contributed by atoms with Crippen LogP contribution in [-0.2, 0) is 4.79 Å². The van der Waals surface area contributed by atoms with Gasteiger partial charge in [-0.2, -0.15) is 0 Å². The number of amides is 1. The Kier molecular flexibility index (Phi) is 6.22. The van der Waals surface area contributed by atoms with Crippen molar-refractivity contribution in [3.8, 4) is 23.0 Å². The summed E-state index contributed by atoms with van der Waals surface area (Å²) in [6.07, 6.45) is 0.0916. The molecule has 3 aromatic carbocycles. The molecule has 0 unspecified atom stereocenters. The second-order valence-corrected chi connectivity index (χ2v) is 8.45. The molecule has 0 bridgehead atoms. The largest absolute Gasteiger partial charge is 0.508 e. The molecular weight excluding hydrogens is 466 g/mol. The van der Waals surface area contributed by atoms with Crippen LogP contribution < -0.4 is 20.2 Å². The lowest BCUT2D eigenvalue weighted by atomic mass is 9.87. The summed E-state index contributed by atoms with van der Waals surface area (Å²) in [5, 5.41) is 33.6. The van der Waals surface area contributed by atoms with Crippen molar-refractivity contribution in [1.29, 1.82) is 0 Å². The van der Waals surface area contributed by atoms with E-state index in [0.717, 1.165) is 0 Å². The van der Waals surface area contributed by atoms with Gasteiger partial charge in [-0.25, -0.2) is 0 Å². The lowest BCUT2D eigenvalue weighted by Crippen LogP contribution is -2.30. The molecule has 5 rings (SSSR count). The summed E-state index contributed by atoms with van der Waals surface area (Å²) in [5.41, 5.74) is 1.10. The van der Waals surface area contributed by atoms with Crippen molar-refractivity contribution in [2.75, 3.05) is 13.3 Å². The van der Waals surface area contributed by atoms with E-state index in [0.29, 0.717) is 33.6 Å². The number of carbonyl (C=O) groups excluding carboxylic acids is 1. The van der Waals surface area contributed by atoms with Gasteiger partial charge in [-0.05, 0) is 35.9 Å². The van der Waals surface area contributed by atoms with Crippen molar-refractivity contribution in [3.05, 3.63) is 93.8 Å². The average molecular weight is 489 g/mol. The van der Waals surface area contributed by atoms with Crippen LogP contribution in [0.4, 0.5) is 0 Å². The van der Waals surface area contributed by atoms with Gasteiger partial charge in [0, 0.05) is 36.1 Å². The Hall–Kier alpha value is -4.50. The number of benzene rings is 3. The minimum Gasteiger partial charge on any atom is -0.508 e. The monoisotopic (exact) mass is 489 g/mol. The minimum atomic E-state index is -1.00. The molecule has 0 radical (unpaired) electrons. The number of nitrogens with one attached hydrogen (secondary N) is 1. The number of ether oxygens (including phenoxy) is 2. The van der Waals surface area contributed by atoms with Crippen molar-refractivity contribution >= 4 is 16.9 Å². The zero-order valence-corrected chi connectivity index (χ0v) is 19.0. The second kappa shape index (κ2) is 9.63. The Morgan fingerprint density at radius 3 is 2.47 bits per heavy atom. The molecule has 9 heteroatoms. The lowest BCUT2D eigenvalue weighted by Gasteiger charge is -2.19. The van der Waals surface area contributed by atoms with Crippen molar-refractivity contribution in [2.45, 2.75) is 18.4 Å². The van der Waals surface area contributed by atoms with Crippen LogP contribution in [0.1, 0.15) is 35.1 Å². The second-order valence-electron chi connectivity index (χ2n) is 8.45. The third-order valence-corrected chi connectivity index (χ3v) is 6.14. The van der Waals surface area contributed by atoms with E-state index in [2.05, 4.69) is 5.32 Å². The first-order chi connectivity index (χ1) is 17.4.